The average molecular weight is 348 g/mol. The van der Waals surface area contributed by atoms with E-state index in [-0.39, 0.29) is 17.5 Å². The van der Waals surface area contributed by atoms with Gasteiger partial charge >= 0.3 is 5.97 Å². The van der Waals surface area contributed by atoms with E-state index >= 15 is 0 Å². The molecule has 0 unspecified atom stereocenters. The Hall–Kier alpha value is -2.40. The normalized spacial score (nSPS) is 16.3. The van der Waals surface area contributed by atoms with Gasteiger partial charge in [0.1, 0.15) is 5.82 Å². The molecular formula is C18H15ClFNO3. The van der Waals surface area contributed by atoms with Gasteiger partial charge in [-0.05, 0) is 54.7 Å². The number of hydrogen-bond acceptors (Lipinski definition) is 2. The number of aromatic carboxylic acids is 1. The molecule has 0 aliphatic heterocycles. The third-order valence-electron chi connectivity index (χ3n) is 4.20. The summed E-state index contributed by atoms with van der Waals surface area (Å²) in [7, 11) is 0. The largest absolute Gasteiger partial charge is 0.478 e. The zero-order chi connectivity index (χ0) is 17.3. The molecule has 1 atom stereocenters. The van der Waals surface area contributed by atoms with Crippen molar-refractivity contribution in [3.8, 4) is 0 Å². The Morgan fingerprint density at radius 1 is 1.21 bits per heavy atom. The molecule has 1 amide bonds. The van der Waals surface area contributed by atoms with E-state index in [1.165, 1.54) is 12.1 Å². The quantitative estimate of drug-likeness (QED) is 0.882. The Morgan fingerprint density at radius 2 is 1.96 bits per heavy atom. The smallest absolute Gasteiger partial charge is 0.338 e. The topological polar surface area (TPSA) is 66.4 Å². The first-order chi connectivity index (χ1) is 11.5. The third kappa shape index (κ3) is 3.12. The number of halogens is 2. The van der Waals surface area contributed by atoms with Gasteiger partial charge in [0, 0.05) is 0 Å². The molecule has 0 aromatic heterocycles. The number of hydrogen-bond donors (Lipinski definition) is 2. The molecule has 0 bridgehead atoms. The Bertz CT molecular complexity index is 822. The standard InChI is InChI=1S/C18H15ClFNO3/c19-14-6-2-1-5-11(14)17(22)21-16-7-3-4-10-8-15(20)13(18(23)24)9-12(10)16/h1-2,5-6,8-9,16H,3-4,7H2,(H,21,22)(H,23,24)/t16-/m1/s1. The molecule has 4 nitrogen and oxygen atoms in total. The number of aryl methyl sites for hydroxylation is 1. The summed E-state index contributed by atoms with van der Waals surface area (Å²) >= 11 is 6.04. The minimum atomic E-state index is -1.32. The SMILES string of the molecule is O=C(O)c1cc2c(cc1F)CCC[C@H]2NC(=O)c1ccccc1Cl. The molecule has 2 aromatic rings. The Labute approximate surface area is 143 Å². The van der Waals surface area contributed by atoms with Crippen LogP contribution in [0.2, 0.25) is 5.02 Å². The number of nitrogens with one attached hydrogen (secondary N) is 1. The van der Waals surface area contributed by atoms with E-state index < -0.39 is 11.8 Å². The Balaban J connectivity index is 1.92. The van der Waals surface area contributed by atoms with Crippen LogP contribution < -0.4 is 5.32 Å². The van der Waals surface area contributed by atoms with Crippen molar-refractivity contribution in [3.05, 3.63) is 69.5 Å². The number of carbonyl (C=O) groups excluding carboxylic acids is 1. The van der Waals surface area contributed by atoms with E-state index in [4.69, 9.17) is 16.7 Å². The van der Waals surface area contributed by atoms with Crippen molar-refractivity contribution < 1.29 is 19.1 Å². The number of rotatable bonds is 3. The maximum Gasteiger partial charge on any atom is 0.338 e. The summed E-state index contributed by atoms with van der Waals surface area (Å²) in [4.78, 5) is 23.6. The molecule has 0 heterocycles. The maximum absolute atomic E-state index is 13.9. The van der Waals surface area contributed by atoms with Crippen LogP contribution in [0.4, 0.5) is 4.39 Å². The van der Waals surface area contributed by atoms with Crippen molar-refractivity contribution in [1.29, 1.82) is 0 Å². The summed E-state index contributed by atoms with van der Waals surface area (Å²) in [5.41, 5.74) is 1.35. The fraction of sp³-hybridized carbons (Fsp3) is 0.222. The summed E-state index contributed by atoms with van der Waals surface area (Å²) in [5, 5.41) is 12.3. The second-order valence-electron chi connectivity index (χ2n) is 5.73. The van der Waals surface area contributed by atoms with Gasteiger partial charge in [0.05, 0.1) is 22.2 Å². The lowest BCUT2D eigenvalue weighted by molar-refractivity contribution is 0.0691. The van der Waals surface area contributed by atoms with E-state index in [1.54, 1.807) is 24.3 Å². The number of fused-ring (bicyclic) bond motifs is 1. The van der Waals surface area contributed by atoms with Crippen LogP contribution in [0.25, 0.3) is 0 Å². The second-order valence-corrected chi connectivity index (χ2v) is 6.14. The van der Waals surface area contributed by atoms with E-state index in [9.17, 15) is 14.0 Å². The molecule has 0 saturated carbocycles. The molecule has 0 fully saturated rings. The number of carboxylic acid groups (broad SMARTS) is 1. The summed E-state index contributed by atoms with van der Waals surface area (Å²) < 4.78 is 13.9. The fourth-order valence-corrected chi connectivity index (χ4v) is 3.24. The van der Waals surface area contributed by atoms with Gasteiger partial charge in [-0.3, -0.25) is 4.79 Å². The molecule has 1 aliphatic rings. The summed E-state index contributed by atoms with van der Waals surface area (Å²) in [6.07, 6.45) is 2.10. The van der Waals surface area contributed by atoms with Gasteiger partial charge in [-0.1, -0.05) is 23.7 Å². The molecule has 0 radical (unpaired) electrons. The monoisotopic (exact) mass is 347 g/mol. The first-order valence-corrected chi connectivity index (χ1v) is 7.96. The van der Waals surface area contributed by atoms with E-state index in [2.05, 4.69) is 5.32 Å². The number of carboxylic acids is 1. The molecule has 124 valence electrons. The Morgan fingerprint density at radius 3 is 2.67 bits per heavy atom. The van der Waals surface area contributed by atoms with Crippen molar-refractivity contribution >= 4 is 23.5 Å². The molecular weight excluding hydrogens is 333 g/mol. The van der Waals surface area contributed by atoms with Crippen molar-refractivity contribution in [3.63, 3.8) is 0 Å². The summed E-state index contributed by atoms with van der Waals surface area (Å²) in [6, 6.07) is 8.91. The Kier molecular flexibility index (Phi) is 4.53. The number of benzene rings is 2. The van der Waals surface area contributed by atoms with Crippen LogP contribution in [0.1, 0.15) is 50.7 Å². The van der Waals surface area contributed by atoms with Crippen molar-refractivity contribution in [2.75, 3.05) is 0 Å². The molecule has 6 heteroatoms. The molecule has 0 saturated heterocycles. The van der Waals surface area contributed by atoms with Crippen molar-refractivity contribution in [1.82, 2.24) is 5.32 Å². The minimum absolute atomic E-state index is 0.334. The highest BCUT2D eigenvalue weighted by Crippen LogP contribution is 2.32. The van der Waals surface area contributed by atoms with Gasteiger partial charge in [0.15, 0.2) is 0 Å². The lowest BCUT2D eigenvalue weighted by Crippen LogP contribution is -2.31. The molecule has 3 rings (SSSR count). The highest BCUT2D eigenvalue weighted by Gasteiger charge is 2.26. The van der Waals surface area contributed by atoms with E-state index in [0.29, 0.717) is 29.0 Å². The molecule has 24 heavy (non-hydrogen) atoms. The first-order valence-electron chi connectivity index (χ1n) is 7.58. The van der Waals surface area contributed by atoms with Gasteiger partial charge in [-0.2, -0.15) is 0 Å². The molecule has 0 spiro atoms. The summed E-state index contributed by atoms with van der Waals surface area (Å²) in [5.74, 6) is -2.41. The molecule has 2 aromatic carbocycles. The van der Waals surface area contributed by atoms with Crippen LogP contribution in [0.15, 0.2) is 36.4 Å². The number of carbonyl (C=O) groups is 2. The summed E-state index contributed by atoms with van der Waals surface area (Å²) in [6.45, 7) is 0. The molecule has 2 N–H and O–H groups in total. The predicted molar refractivity (Wildman–Crippen MR) is 88.0 cm³/mol. The van der Waals surface area contributed by atoms with Gasteiger partial charge in [-0.25, -0.2) is 9.18 Å². The van der Waals surface area contributed by atoms with Crippen molar-refractivity contribution in [2.45, 2.75) is 25.3 Å². The first kappa shape index (κ1) is 16.5. The van der Waals surface area contributed by atoms with Crippen molar-refractivity contribution in [2.24, 2.45) is 0 Å². The van der Waals surface area contributed by atoms with Crippen LogP contribution in [0.5, 0.6) is 0 Å². The number of amides is 1. The van der Waals surface area contributed by atoms with Gasteiger partial charge in [-0.15, -0.1) is 0 Å². The highest BCUT2D eigenvalue weighted by molar-refractivity contribution is 6.33. The van der Waals surface area contributed by atoms with Crippen LogP contribution in [-0.2, 0) is 6.42 Å². The van der Waals surface area contributed by atoms with E-state index in [1.807, 2.05) is 0 Å². The lowest BCUT2D eigenvalue weighted by Gasteiger charge is -2.27. The minimum Gasteiger partial charge on any atom is -0.478 e. The zero-order valence-electron chi connectivity index (χ0n) is 12.7. The van der Waals surface area contributed by atoms with Gasteiger partial charge in [0.25, 0.3) is 5.91 Å². The third-order valence-corrected chi connectivity index (χ3v) is 4.53. The van der Waals surface area contributed by atoms with Crippen LogP contribution in [0, 0.1) is 5.82 Å². The van der Waals surface area contributed by atoms with Gasteiger partial charge in [0.2, 0.25) is 0 Å². The van der Waals surface area contributed by atoms with Crippen LogP contribution in [0.3, 0.4) is 0 Å². The fourth-order valence-electron chi connectivity index (χ4n) is 3.02. The molecule has 1 aliphatic carbocycles. The second kappa shape index (κ2) is 6.61. The van der Waals surface area contributed by atoms with Crippen LogP contribution >= 0.6 is 11.6 Å². The van der Waals surface area contributed by atoms with Gasteiger partial charge < -0.3 is 10.4 Å². The van der Waals surface area contributed by atoms with Crippen LogP contribution in [-0.4, -0.2) is 17.0 Å². The highest BCUT2D eigenvalue weighted by atomic mass is 35.5. The lowest BCUT2D eigenvalue weighted by atomic mass is 9.86. The predicted octanol–water partition coefficient (Wildman–Crippen LogP) is 3.98. The zero-order valence-corrected chi connectivity index (χ0v) is 13.4. The maximum atomic E-state index is 13.9. The average Bonchev–Trinajstić information content (AvgIpc) is 2.54. The van der Waals surface area contributed by atoms with E-state index in [0.717, 1.165) is 12.0 Å².